The molecule has 2 rings (SSSR count). The van der Waals surface area contributed by atoms with Gasteiger partial charge in [-0.3, -0.25) is 19.2 Å². The molecule has 0 saturated heterocycles. The third-order valence-corrected chi connectivity index (χ3v) is 5.82. The number of nitrogens with one attached hydrogen (secondary N) is 4. The molecule has 0 aliphatic heterocycles. The van der Waals surface area contributed by atoms with Gasteiger partial charge in [-0.1, -0.05) is 30.3 Å². The van der Waals surface area contributed by atoms with Gasteiger partial charge in [-0.15, -0.1) is 0 Å². The van der Waals surface area contributed by atoms with Crippen LogP contribution in [0.3, 0.4) is 0 Å². The smallest absolute Gasteiger partial charge is 0.326 e. The van der Waals surface area contributed by atoms with Crippen molar-refractivity contribution in [3.8, 4) is 0 Å². The maximum absolute atomic E-state index is 13.3. The van der Waals surface area contributed by atoms with E-state index >= 15 is 0 Å². The number of hydrogen-bond acceptors (Lipinski definition) is 8. The number of imidazole rings is 1. The van der Waals surface area contributed by atoms with Gasteiger partial charge in [0.2, 0.25) is 17.7 Å². The van der Waals surface area contributed by atoms with E-state index in [1.165, 1.54) is 12.5 Å². The molecule has 0 fully saturated rings. The van der Waals surface area contributed by atoms with Crippen LogP contribution in [0.5, 0.6) is 0 Å². The van der Waals surface area contributed by atoms with Crippen molar-refractivity contribution in [3.05, 3.63) is 54.1 Å². The van der Waals surface area contributed by atoms with Crippen LogP contribution in [0.1, 0.15) is 36.9 Å². The van der Waals surface area contributed by atoms with Crippen LogP contribution >= 0.6 is 0 Å². The van der Waals surface area contributed by atoms with E-state index in [-0.39, 0.29) is 19.3 Å². The van der Waals surface area contributed by atoms with Crippen molar-refractivity contribution >= 4 is 29.7 Å². The molecule has 0 aliphatic rings. The molecule has 1 aromatic carbocycles. The molecule has 0 aliphatic carbocycles. The predicted octanol–water partition coefficient (Wildman–Crippen LogP) is -1.34. The van der Waals surface area contributed by atoms with Gasteiger partial charge in [-0.05, 0) is 31.4 Å². The van der Waals surface area contributed by atoms with E-state index in [9.17, 15) is 29.1 Å². The largest absolute Gasteiger partial charge is 0.481 e. The highest BCUT2D eigenvalue weighted by atomic mass is 16.4. The molecule has 0 saturated carbocycles. The molecule has 1 aromatic heterocycles. The Hall–Kier alpha value is -4.30. The number of aromatic nitrogens is 2. The number of carboxylic acid groups (broad SMARTS) is 2. The lowest BCUT2D eigenvalue weighted by molar-refractivity contribution is -0.142. The molecule has 3 amide bonds. The topological polar surface area (TPSA) is 243 Å². The number of carbonyl (C=O) groups is 5. The summed E-state index contributed by atoms with van der Waals surface area (Å²) in [7, 11) is 0. The third-order valence-electron chi connectivity index (χ3n) is 5.82. The van der Waals surface area contributed by atoms with Gasteiger partial charge in [0.05, 0.1) is 18.8 Å². The number of carboxylic acids is 2. The summed E-state index contributed by atoms with van der Waals surface area (Å²) in [6, 6.07) is 3.75. The van der Waals surface area contributed by atoms with Gasteiger partial charge in [0.1, 0.15) is 18.1 Å². The standard InChI is InChI=1S/C25H35N7O7/c26-9-5-4-8-18(23(36)32-20(25(38)39)11-16-13-28-14-29-16)30-24(37)19(10-15-6-2-1-3-7-15)31-22(35)17(27)12-21(33)34/h1-3,6-7,13-14,17-20H,4-5,8-12,26-27H2,(H,28,29)(H,30,37)(H,31,35)(H,32,36)(H,33,34)(H,38,39). The van der Waals surface area contributed by atoms with Gasteiger partial charge < -0.3 is 42.6 Å². The zero-order chi connectivity index (χ0) is 28.8. The van der Waals surface area contributed by atoms with Crippen LogP contribution in [0.4, 0.5) is 0 Å². The number of aliphatic carboxylic acids is 2. The van der Waals surface area contributed by atoms with Crippen LogP contribution in [-0.2, 0) is 36.8 Å². The second-order valence-corrected chi connectivity index (χ2v) is 8.98. The fourth-order valence-electron chi connectivity index (χ4n) is 3.74. The van der Waals surface area contributed by atoms with Crippen LogP contribution in [0.15, 0.2) is 42.9 Å². The second-order valence-electron chi connectivity index (χ2n) is 8.98. The summed E-state index contributed by atoms with van der Waals surface area (Å²) in [6.45, 7) is 0.355. The van der Waals surface area contributed by atoms with E-state index in [2.05, 4.69) is 25.9 Å². The maximum Gasteiger partial charge on any atom is 0.326 e. The summed E-state index contributed by atoms with van der Waals surface area (Å²) in [5.41, 5.74) is 12.4. The van der Waals surface area contributed by atoms with E-state index in [1.54, 1.807) is 30.3 Å². The first-order chi connectivity index (χ1) is 18.6. The summed E-state index contributed by atoms with van der Waals surface area (Å²) in [6.07, 6.45) is 3.35. The minimum absolute atomic E-state index is 0.0346. The monoisotopic (exact) mass is 545 g/mol. The number of H-pyrrole nitrogens is 1. The van der Waals surface area contributed by atoms with E-state index < -0.39 is 60.2 Å². The molecule has 4 atom stereocenters. The molecular weight excluding hydrogens is 510 g/mol. The van der Waals surface area contributed by atoms with Crippen molar-refractivity contribution in [2.75, 3.05) is 6.54 Å². The minimum Gasteiger partial charge on any atom is -0.481 e. The normalized spacial score (nSPS) is 13.9. The van der Waals surface area contributed by atoms with Crippen LogP contribution in [0.25, 0.3) is 0 Å². The number of benzene rings is 1. The Morgan fingerprint density at radius 3 is 2.10 bits per heavy atom. The fourth-order valence-corrected chi connectivity index (χ4v) is 3.74. The molecule has 0 spiro atoms. The van der Waals surface area contributed by atoms with Crippen molar-refractivity contribution in [1.29, 1.82) is 0 Å². The van der Waals surface area contributed by atoms with Gasteiger partial charge in [-0.2, -0.15) is 0 Å². The summed E-state index contributed by atoms with van der Waals surface area (Å²) < 4.78 is 0. The number of hydrogen-bond donors (Lipinski definition) is 8. The van der Waals surface area contributed by atoms with Crippen molar-refractivity contribution in [3.63, 3.8) is 0 Å². The summed E-state index contributed by atoms with van der Waals surface area (Å²) in [5.74, 6) is -4.83. The van der Waals surface area contributed by atoms with Gasteiger partial charge in [0.25, 0.3) is 0 Å². The molecule has 4 unspecified atom stereocenters. The van der Waals surface area contributed by atoms with Crippen molar-refractivity contribution in [2.24, 2.45) is 11.5 Å². The molecule has 14 nitrogen and oxygen atoms in total. The van der Waals surface area contributed by atoms with E-state index in [0.29, 0.717) is 30.6 Å². The predicted molar refractivity (Wildman–Crippen MR) is 139 cm³/mol. The molecule has 10 N–H and O–H groups in total. The Bertz CT molecular complexity index is 1100. The number of nitrogens with two attached hydrogens (primary N) is 2. The first-order valence-electron chi connectivity index (χ1n) is 12.4. The zero-order valence-electron chi connectivity index (χ0n) is 21.3. The first-order valence-corrected chi connectivity index (χ1v) is 12.4. The highest BCUT2D eigenvalue weighted by molar-refractivity contribution is 5.94. The lowest BCUT2D eigenvalue weighted by Gasteiger charge is -2.25. The molecule has 0 radical (unpaired) electrons. The summed E-state index contributed by atoms with van der Waals surface area (Å²) in [5, 5.41) is 26.1. The van der Waals surface area contributed by atoms with Crippen molar-refractivity contribution < 1.29 is 34.2 Å². The quantitative estimate of drug-likeness (QED) is 0.109. The highest BCUT2D eigenvalue weighted by Crippen LogP contribution is 2.08. The Morgan fingerprint density at radius 2 is 1.51 bits per heavy atom. The zero-order valence-corrected chi connectivity index (χ0v) is 21.3. The Morgan fingerprint density at radius 1 is 0.872 bits per heavy atom. The maximum atomic E-state index is 13.3. The lowest BCUT2D eigenvalue weighted by Crippen LogP contribution is -2.58. The molecular formula is C25H35N7O7. The minimum atomic E-state index is -1.39. The lowest BCUT2D eigenvalue weighted by atomic mass is 10.0. The molecule has 39 heavy (non-hydrogen) atoms. The van der Waals surface area contributed by atoms with Crippen molar-refractivity contribution in [2.45, 2.75) is 62.7 Å². The highest BCUT2D eigenvalue weighted by Gasteiger charge is 2.31. The van der Waals surface area contributed by atoms with Crippen molar-refractivity contribution in [1.82, 2.24) is 25.9 Å². The molecule has 1 heterocycles. The van der Waals surface area contributed by atoms with Gasteiger partial charge in [0.15, 0.2) is 0 Å². The van der Waals surface area contributed by atoms with Crippen LogP contribution < -0.4 is 27.4 Å². The molecule has 14 heteroatoms. The second kappa shape index (κ2) is 15.8. The van der Waals surface area contributed by atoms with Crippen LogP contribution in [0.2, 0.25) is 0 Å². The van der Waals surface area contributed by atoms with E-state index in [1.807, 2.05) is 0 Å². The first kappa shape index (κ1) is 30.9. The SMILES string of the molecule is NCCCCC(NC(=O)C(Cc1ccccc1)NC(=O)C(N)CC(=O)O)C(=O)NC(Cc1cnc[nH]1)C(=O)O. The Balaban J connectivity index is 2.21. The van der Waals surface area contributed by atoms with Gasteiger partial charge >= 0.3 is 11.9 Å². The average Bonchev–Trinajstić information content (AvgIpc) is 3.40. The number of rotatable bonds is 17. The number of unbranched alkanes of at least 4 members (excludes halogenated alkanes) is 1. The number of carbonyl (C=O) groups excluding carboxylic acids is 3. The summed E-state index contributed by atoms with van der Waals surface area (Å²) in [4.78, 5) is 68.4. The third kappa shape index (κ3) is 10.9. The van der Waals surface area contributed by atoms with E-state index in [0.717, 1.165) is 0 Å². The molecule has 2 aromatic rings. The Kier molecular flexibility index (Phi) is 12.6. The molecule has 212 valence electrons. The number of amides is 3. The summed E-state index contributed by atoms with van der Waals surface area (Å²) >= 11 is 0. The molecule has 0 bridgehead atoms. The average molecular weight is 546 g/mol. The van der Waals surface area contributed by atoms with Gasteiger partial charge in [-0.25, -0.2) is 9.78 Å². The number of nitrogens with zero attached hydrogens (tertiary/aromatic N) is 1. The van der Waals surface area contributed by atoms with Gasteiger partial charge in [0, 0.05) is 24.7 Å². The number of aromatic amines is 1. The van der Waals surface area contributed by atoms with Crippen LogP contribution in [0, 0.1) is 0 Å². The van der Waals surface area contributed by atoms with Crippen LogP contribution in [-0.4, -0.2) is 80.6 Å². The Labute approximate surface area is 224 Å². The fraction of sp³-hybridized carbons (Fsp3) is 0.440. The van der Waals surface area contributed by atoms with E-state index in [4.69, 9.17) is 16.6 Å².